The van der Waals surface area contributed by atoms with Crippen LogP contribution in [-0.2, 0) is 9.63 Å². The molecule has 0 saturated carbocycles. The van der Waals surface area contributed by atoms with Crippen molar-refractivity contribution in [1.29, 1.82) is 5.26 Å². The number of hydrogen-bond donors (Lipinski definition) is 1. The Labute approximate surface area is 95.3 Å². The zero-order valence-electron chi connectivity index (χ0n) is 8.48. The molecule has 0 aliphatic heterocycles. The van der Waals surface area contributed by atoms with E-state index in [2.05, 4.69) is 15.3 Å². The van der Waals surface area contributed by atoms with Crippen LogP contribution < -0.4 is 5.32 Å². The average molecular weight is 239 g/mol. The van der Waals surface area contributed by atoms with Crippen molar-refractivity contribution in [3.8, 4) is 6.07 Å². The van der Waals surface area contributed by atoms with Crippen LogP contribution in [-0.4, -0.2) is 18.7 Å². The smallest absolute Gasteiger partial charge is 0.270 e. The molecule has 0 saturated heterocycles. The summed E-state index contributed by atoms with van der Waals surface area (Å²) in [4.78, 5) is 15.5. The zero-order valence-corrected chi connectivity index (χ0v) is 8.48. The van der Waals surface area contributed by atoms with Crippen molar-refractivity contribution < 1.29 is 18.4 Å². The molecular weight excluding hydrogens is 232 g/mol. The lowest BCUT2D eigenvalue weighted by molar-refractivity contribution is -0.110. The Balaban J connectivity index is 2.57. The van der Waals surface area contributed by atoms with Gasteiger partial charge in [0.25, 0.3) is 5.91 Å². The number of carbonyl (C=O) groups is 1. The van der Waals surface area contributed by atoms with Gasteiger partial charge < -0.3 is 10.2 Å². The highest BCUT2D eigenvalue weighted by Crippen LogP contribution is 2.14. The molecule has 0 bridgehead atoms. The van der Waals surface area contributed by atoms with Gasteiger partial charge in [0.15, 0.2) is 0 Å². The van der Waals surface area contributed by atoms with E-state index < -0.39 is 17.5 Å². The predicted octanol–water partition coefficient (Wildman–Crippen LogP) is 1.43. The van der Waals surface area contributed by atoms with Gasteiger partial charge in [0.1, 0.15) is 23.9 Å². The second-order valence-electron chi connectivity index (χ2n) is 2.78. The molecule has 7 heteroatoms. The Hall–Kier alpha value is -2.49. The van der Waals surface area contributed by atoms with Crippen molar-refractivity contribution in [2.45, 2.75) is 0 Å². The quantitative estimate of drug-likeness (QED) is 0.490. The molecule has 0 atom stereocenters. The first-order chi connectivity index (χ1) is 8.13. The van der Waals surface area contributed by atoms with E-state index in [1.54, 1.807) is 6.07 Å². The summed E-state index contributed by atoms with van der Waals surface area (Å²) >= 11 is 0. The van der Waals surface area contributed by atoms with Crippen LogP contribution in [0, 0.1) is 23.0 Å². The molecule has 0 unspecified atom stereocenters. The molecule has 1 aromatic rings. The fourth-order valence-electron chi connectivity index (χ4n) is 0.907. The van der Waals surface area contributed by atoms with E-state index in [4.69, 9.17) is 5.26 Å². The van der Waals surface area contributed by atoms with Crippen molar-refractivity contribution in [2.24, 2.45) is 5.16 Å². The Morgan fingerprint density at radius 2 is 2.35 bits per heavy atom. The van der Waals surface area contributed by atoms with Gasteiger partial charge in [0.05, 0.1) is 5.69 Å². The van der Waals surface area contributed by atoms with Crippen molar-refractivity contribution in [3.05, 3.63) is 29.8 Å². The molecule has 5 nitrogen and oxygen atoms in total. The molecule has 0 heterocycles. The van der Waals surface area contributed by atoms with Gasteiger partial charge in [-0.2, -0.15) is 5.26 Å². The van der Waals surface area contributed by atoms with E-state index >= 15 is 0 Å². The summed E-state index contributed by atoms with van der Waals surface area (Å²) in [5.41, 5.74) is -0.178. The van der Waals surface area contributed by atoms with Gasteiger partial charge in [-0.1, -0.05) is 5.16 Å². The summed E-state index contributed by atoms with van der Waals surface area (Å²) in [6.45, 7) is -0.297. The Bertz CT molecular complexity index is 483. The van der Waals surface area contributed by atoms with Crippen LogP contribution in [0.3, 0.4) is 0 Å². The van der Waals surface area contributed by atoms with Crippen molar-refractivity contribution >= 4 is 17.8 Å². The molecule has 88 valence electrons. The van der Waals surface area contributed by atoms with Gasteiger partial charge in [0, 0.05) is 6.07 Å². The molecule has 0 radical (unpaired) electrons. The van der Waals surface area contributed by atoms with E-state index in [0.29, 0.717) is 6.07 Å². The highest BCUT2D eigenvalue weighted by molar-refractivity contribution is 6.31. The number of nitrogens with one attached hydrogen (secondary N) is 1. The molecule has 0 aromatic heterocycles. The molecule has 1 N–H and O–H groups in total. The zero-order chi connectivity index (χ0) is 12.7. The largest absolute Gasteiger partial charge is 0.380 e. The lowest BCUT2D eigenvalue weighted by atomic mass is 10.3. The third-order valence-corrected chi connectivity index (χ3v) is 1.56. The maximum absolute atomic E-state index is 13.1. The van der Waals surface area contributed by atoms with Crippen LogP contribution in [0.25, 0.3) is 0 Å². The molecule has 1 amide bonds. The number of nitriles is 1. The maximum Gasteiger partial charge on any atom is 0.270 e. The van der Waals surface area contributed by atoms with Crippen LogP contribution >= 0.6 is 0 Å². The molecule has 1 aromatic carbocycles. The highest BCUT2D eigenvalue weighted by Gasteiger charge is 2.06. The summed E-state index contributed by atoms with van der Waals surface area (Å²) in [6, 6.07) is 4.35. The summed E-state index contributed by atoms with van der Waals surface area (Å²) in [5.74, 6) is -2.40. The van der Waals surface area contributed by atoms with Crippen molar-refractivity contribution in [3.63, 3.8) is 0 Å². The number of benzene rings is 1. The predicted molar refractivity (Wildman–Crippen MR) is 55.0 cm³/mol. The number of hydrogen-bond acceptors (Lipinski definition) is 4. The monoisotopic (exact) mass is 239 g/mol. The number of anilines is 1. The third kappa shape index (κ3) is 4.25. The Morgan fingerprint density at radius 1 is 1.59 bits per heavy atom. The number of oxime groups is 1. The molecule has 0 aliphatic carbocycles. The third-order valence-electron chi connectivity index (χ3n) is 1.56. The second kappa shape index (κ2) is 6.17. The lowest BCUT2D eigenvalue weighted by Crippen LogP contribution is -2.14. The van der Waals surface area contributed by atoms with E-state index in [1.807, 2.05) is 0 Å². The van der Waals surface area contributed by atoms with E-state index in [1.165, 1.54) is 0 Å². The summed E-state index contributed by atoms with van der Waals surface area (Å²) in [7, 11) is 0. The van der Waals surface area contributed by atoms with Gasteiger partial charge in [-0.3, -0.25) is 4.79 Å². The van der Waals surface area contributed by atoms with E-state index in [9.17, 15) is 13.6 Å². The van der Waals surface area contributed by atoms with Crippen molar-refractivity contribution in [2.75, 3.05) is 11.9 Å². The maximum atomic E-state index is 13.1. The normalized spacial score (nSPS) is 9.94. The Kier molecular flexibility index (Phi) is 4.57. The standard InChI is InChI=1S/C10H7F2N3O2/c11-7-1-2-9(8(12)5-7)15-10(16)6-14-17-4-3-13/h1-2,5-6H,4H2,(H,15,16)/b14-6-. The fourth-order valence-corrected chi connectivity index (χ4v) is 0.907. The highest BCUT2D eigenvalue weighted by atomic mass is 19.1. The van der Waals surface area contributed by atoms with Gasteiger partial charge in [-0.05, 0) is 12.1 Å². The summed E-state index contributed by atoms with van der Waals surface area (Å²) in [5, 5.41) is 13.4. The summed E-state index contributed by atoms with van der Waals surface area (Å²) < 4.78 is 25.6. The van der Waals surface area contributed by atoms with Crippen LogP contribution in [0.2, 0.25) is 0 Å². The fraction of sp³-hybridized carbons (Fsp3) is 0.100. The molecular formula is C10H7F2N3O2. The number of nitrogens with zero attached hydrogens (tertiary/aromatic N) is 2. The van der Waals surface area contributed by atoms with E-state index in [-0.39, 0.29) is 12.3 Å². The molecule has 0 aliphatic rings. The molecule has 0 spiro atoms. The van der Waals surface area contributed by atoms with Gasteiger partial charge in [-0.25, -0.2) is 8.78 Å². The minimum Gasteiger partial charge on any atom is -0.380 e. The lowest BCUT2D eigenvalue weighted by Gasteiger charge is -2.02. The van der Waals surface area contributed by atoms with Gasteiger partial charge >= 0.3 is 0 Å². The van der Waals surface area contributed by atoms with Gasteiger partial charge in [0.2, 0.25) is 6.61 Å². The van der Waals surface area contributed by atoms with Crippen LogP contribution in [0.4, 0.5) is 14.5 Å². The first-order valence-electron chi connectivity index (χ1n) is 4.42. The molecule has 0 fully saturated rings. The minimum atomic E-state index is -0.898. The van der Waals surface area contributed by atoms with Crippen LogP contribution in [0.15, 0.2) is 23.4 Å². The van der Waals surface area contributed by atoms with Crippen LogP contribution in [0.1, 0.15) is 0 Å². The number of halogens is 2. The number of amides is 1. The molecule has 17 heavy (non-hydrogen) atoms. The van der Waals surface area contributed by atoms with Crippen LogP contribution in [0.5, 0.6) is 0 Å². The number of rotatable bonds is 4. The van der Waals surface area contributed by atoms with Gasteiger partial charge in [-0.15, -0.1) is 0 Å². The topological polar surface area (TPSA) is 74.5 Å². The SMILES string of the molecule is N#CCO/N=C\C(=O)Nc1ccc(F)cc1F. The minimum absolute atomic E-state index is 0.178. The number of carbonyl (C=O) groups excluding carboxylic acids is 1. The average Bonchev–Trinajstić information content (AvgIpc) is 2.28. The Morgan fingerprint density at radius 3 is 3.00 bits per heavy atom. The summed E-state index contributed by atoms with van der Waals surface area (Å²) in [6.07, 6.45) is 0.736. The van der Waals surface area contributed by atoms with E-state index in [0.717, 1.165) is 18.3 Å². The molecule has 1 rings (SSSR count). The first kappa shape index (κ1) is 12.6. The first-order valence-corrected chi connectivity index (χ1v) is 4.42. The second-order valence-corrected chi connectivity index (χ2v) is 2.78. The van der Waals surface area contributed by atoms with Crippen molar-refractivity contribution in [1.82, 2.24) is 0 Å².